The second kappa shape index (κ2) is 9.23. The lowest BCUT2D eigenvalue weighted by molar-refractivity contribution is 0.501. The fourth-order valence-corrected chi connectivity index (χ4v) is 3.90. The van der Waals surface area contributed by atoms with Gasteiger partial charge in [-0.2, -0.15) is 0 Å². The van der Waals surface area contributed by atoms with E-state index in [0.717, 1.165) is 81.0 Å². The Morgan fingerprint density at radius 3 is 2.90 bits per heavy atom. The summed E-state index contributed by atoms with van der Waals surface area (Å²) in [6, 6.07) is 0.270. The zero-order chi connectivity index (χ0) is 20.1. The van der Waals surface area contributed by atoms with Crippen molar-refractivity contribution in [3.63, 3.8) is 0 Å². The van der Waals surface area contributed by atoms with Crippen molar-refractivity contribution in [2.75, 3.05) is 26.2 Å². The average Bonchev–Trinajstić information content (AvgIpc) is 3.27. The Hall–Kier alpha value is -2.65. The number of oxazole rings is 1. The molecule has 0 saturated heterocycles. The number of rotatable bonds is 9. The number of hydrogen-bond acceptors (Lipinski definition) is 6. The molecule has 1 atom stereocenters. The van der Waals surface area contributed by atoms with E-state index >= 15 is 0 Å². The van der Waals surface area contributed by atoms with E-state index in [2.05, 4.69) is 36.7 Å². The third-order valence-corrected chi connectivity index (χ3v) is 5.36. The first-order chi connectivity index (χ1) is 14.2. The van der Waals surface area contributed by atoms with Crippen LogP contribution < -0.4 is 22.1 Å². The van der Waals surface area contributed by atoms with Crippen LogP contribution in [0.5, 0.6) is 0 Å². The van der Waals surface area contributed by atoms with Crippen molar-refractivity contribution in [1.29, 1.82) is 0 Å². The van der Waals surface area contributed by atoms with E-state index in [9.17, 15) is 9.59 Å². The van der Waals surface area contributed by atoms with Crippen molar-refractivity contribution < 1.29 is 4.42 Å². The topological polar surface area (TPSA) is 131 Å². The van der Waals surface area contributed by atoms with E-state index < -0.39 is 0 Å². The van der Waals surface area contributed by atoms with Crippen LogP contribution >= 0.6 is 0 Å². The third kappa shape index (κ3) is 5.04. The first-order valence-electron chi connectivity index (χ1n) is 10.4. The zero-order valence-electron chi connectivity index (χ0n) is 16.5. The standard InChI is InChI=1S/C20H28N6O3/c27-19-24-14-7-6-13(12-17(14)25-19)22-9-2-1-8-21-10-11-23-15-4-3-5-16-18(15)29-20(28)26-16/h6-7,13,21-22H,1-5,8-12H2,(H,26,28)(H2,24,25,27). The SMILES string of the molecule is O=c1[nH]c2c([nH]1)CC(NCCCCNCCN=C1CCCc3[nH]c(=O)oc31)C=C2. The van der Waals surface area contributed by atoms with Crippen LogP contribution in [-0.2, 0) is 12.8 Å². The normalized spacial score (nSPS) is 19.4. The van der Waals surface area contributed by atoms with E-state index in [0.29, 0.717) is 12.3 Å². The molecule has 0 saturated carbocycles. The van der Waals surface area contributed by atoms with Crippen LogP contribution in [0.15, 0.2) is 25.1 Å². The highest BCUT2D eigenvalue weighted by Gasteiger charge is 2.20. The second-order valence-corrected chi connectivity index (χ2v) is 7.56. The maximum atomic E-state index is 11.3. The third-order valence-electron chi connectivity index (χ3n) is 5.36. The van der Waals surface area contributed by atoms with Gasteiger partial charge in [0, 0.05) is 24.7 Å². The molecule has 9 nitrogen and oxygen atoms in total. The van der Waals surface area contributed by atoms with Crippen LogP contribution in [0.1, 0.15) is 48.5 Å². The lowest BCUT2D eigenvalue weighted by Gasteiger charge is -2.18. The molecule has 2 aliphatic carbocycles. The van der Waals surface area contributed by atoms with Gasteiger partial charge in [0.2, 0.25) is 0 Å². The summed E-state index contributed by atoms with van der Waals surface area (Å²) >= 11 is 0. The van der Waals surface area contributed by atoms with Gasteiger partial charge in [-0.3, -0.25) is 9.98 Å². The molecule has 0 radical (unpaired) electrons. The zero-order valence-corrected chi connectivity index (χ0v) is 16.5. The van der Waals surface area contributed by atoms with Crippen molar-refractivity contribution in [3.8, 4) is 0 Å². The summed E-state index contributed by atoms with van der Waals surface area (Å²) in [5.74, 6) is 0.266. The van der Waals surface area contributed by atoms with Crippen LogP contribution in [0, 0.1) is 0 Å². The number of nitrogens with zero attached hydrogens (tertiary/aromatic N) is 1. The summed E-state index contributed by atoms with van der Waals surface area (Å²) in [7, 11) is 0. The van der Waals surface area contributed by atoms with E-state index in [4.69, 9.17) is 4.42 Å². The van der Waals surface area contributed by atoms with Gasteiger partial charge >= 0.3 is 11.4 Å². The molecule has 156 valence electrons. The van der Waals surface area contributed by atoms with Crippen molar-refractivity contribution in [3.05, 3.63) is 50.0 Å². The molecule has 0 amide bonds. The summed E-state index contributed by atoms with van der Waals surface area (Å²) in [6.45, 7) is 3.40. The minimum atomic E-state index is -0.387. The Morgan fingerprint density at radius 1 is 1.07 bits per heavy atom. The Morgan fingerprint density at radius 2 is 1.97 bits per heavy atom. The first-order valence-corrected chi connectivity index (χ1v) is 10.4. The number of nitrogens with one attached hydrogen (secondary N) is 5. The molecule has 9 heteroatoms. The maximum Gasteiger partial charge on any atom is 0.417 e. The molecule has 2 aromatic rings. The maximum absolute atomic E-state index is 11.3. The van der Waals surface area contributed by atoms with Gasteiger partial charge in [0.25, 0.3) is 0 Å². The van der Waals surface area contributed by atoms with Gasteiger partial charge in [-0.15, -0.1) is 0 Å². The van der Waals surface area contributed by atoms with E-state index in [1.165, 1.54) is 0 Å². The highest BCUT2D eigenvalue weighted by atomic mass is 16.4. The summed E-state index contributed by atoms with van der Waals surface area (Å²) in [4.78, 5) is 35.6. The fraction of sp³-hybridized carbons (Fsp3) is 0.550. The molecule has 0 bridgehead atoms. The molecule has 4 rings (SSSR count). The number of fused-ring (bicyclic) bond motifs is 2. The van der Waals surface area contributed by atoms with Crippen LogP contribution in [0.3, 0.4) is 0 Å². The smallest absolute Gasteiger partial charge is 0.406 e. The fourth-order valence-electron chi connectivity index (χ4n) is 3.90. The predicted octanol–water partition coefficient (Wildman–Crippen LogP) is 0.707. The number of imidazole rings is 1. The average molecular weight is 400 g/mol. The van der Waals surface area contributed by atoms with Crippen molar-refractivity contribution in [2.45, 2.75) is 44.6 Å². The minimum Gasteiger partial charge on any atom is -0.406 e. The minimum absolute atomic E-state index is 0.141. The van der Waals surface area contributed by atoms with Gasteiger partial charge < -0.3 is 25.0 Å². The van der Waals surface area contributed by atoms with Gasteiger partial charge in [-0.05, 0) is 51.3 Å². The quantitative estimate of drug-likeness (QED) is 0.396. The number of aliphatic imine (C=N–C) groups is 1. The second-order valence-electron chi connectivity index (χ2n) is 7.56. The van der Waals surface area contributed by atoms with Gasteiger partial charge in [0.1, 0.15) is 0 Å². The molecule has 0 spiro atoms. The van der Waals surface area contributed by atoms with Gasteiger partial charge in [-0.25, -0.2) is 9.59 Å². The highest BCUT2D eigenvalue weighted by molar-refractivity contribution is 5.99. The molecule has 2 aliphatic rings. The Bertz CT molecular complexity index is 993. The van der Waals surface area contributed by atoms with E-state index in [-0.39, 0.29) is 17.5 Å². The molecule has 0 fully saturated rings. The summed E-state index contributed by atoms with van der Waals surface area (Å²) in [5, 5.41) is 6.93. The molecular formula is C20H28N6O3. The molecule has 2 aromatic heterocycles. The van der Waals surface area contributed by atoms with Gasteiger partial charge in [0.05, 0.1) is 23.6 Å². The lowest BCUT2D eigenvalue weighted by atomic mass is 10.00. The van der Waals surface area contributed by atoms with Crippen molar-refractivity contribution >= 4 is 11.8 Å². The van der Waals surface area contributed by atoms with Gasteiger partial charge in [-0.1, -0.05) is 6.08 Å². The highest BCUT2D eigenvalue weighted by Crippen LogP contribution is 2.18. The summed E-state index contributed by atoms with van der Waals surface area (Å²) in [5.41, 5.74) is 3.51. The number of aromatic amines is 3. The number of aryl methyl sites for hydroxylation is 1. The molecule has 2 heterocycles. The molecular weight excluding hydrogens is 372 g/mol. The van der Waals surface area contributed by atoms with Crippen molar-refractivity contribution in [1.82, 2.24) is 25.6 Å². The summed E-state index contributed by atoms with van der Waals surface area (Å²) in [6.07, 6.45) is 9.77. The predicted molar refractivity (Wildman–Crippen MR) is 112 cm³/mol. The number of aromatic nitrogens is 3. The Balaban J connectivity index is 1.07. The largest absolute Gasteiger partial charge is 0.417 e. The Labute approximate surface area is 168 Å². The van der Waals surface area contributed by atoms with Crippen LogP contribution in [0.4, 0.5) is 0 Å². The molecule has 1 unspecified atom stereocenters. The first kappa shape index (κ1) is 19.7. The van der Waals surface area contributed by atoms with Crippen LogP contribution in [-0.4, -0.2) is 52.9 Å². The molecule has 0 aliphatic heterocycles. The van der Waals surface area contributed by atoms with E-state index in [1.807, 2.05) is 6.08 Å². The van der Waals surface area contributed by atoms with Crippen molar-refractivity contribution in [2.24, 2.45) is 4.99 Å². The Kier molecular flexibility index (Phi) is 6.26. The molecule has 29 heavy (non-hydrogen) atoms. The number of H-pyrrole nitrogens is 3. The molecule has 0 aromatic carbocycles. The van der Waals surface area contributed by atoms with Crippen LogP contribution in [0.2, 0.25) is 0 Å². The number of unbranched alkanes of at least 4 members (excludes halogenated alkanes) is 1. The van der Waals surface area contributed by atoms with Gasteiger partial charge in [0.15, 0.2) is 5.76 Å². The van der Waals surface area contributed by atoms with E-state index in [1.54, 1.807) is 0 Å². The lowest BCUT2D eigenvalue weighted by Crippen LogP contribution is -2.32. The summed E-state index contributed by atoms with van der Waals surface area (Å²) < 4.78 is 5.22. The monoisotopic (exact) mass is 400 g/mol. The number of hydrogen-bond donors (Lipinski definition) is 5. The van der Waals surface area contributed by atoms with Crippen LogP contribution in [0.25, 0.3) is 6.08 Å². The molecule has 5 N–H and O–H groups in total.